The van der Waals surface area contributed by atoms with Crippen molar-refractivity contribution in [1.29, 1.82) is 0 Å². The molecule has 1 aliphatic heterocycles. The molecule has 1 aromatic rings. The van der Waals surface area contributed by atoms with Gasteiger partial charge in [-0.3, -0.25) is 19.7 Å². The molecule has 1 heterocycles. The fraction of sp³-hybridized carbons (Fsp3) is 0.444. The van der Waals surface area contributed by atoms with Gasteiger partial charge in [0.2, 0.25) is 5.91 Å². The first kappa shape index (κ1) is 21.1. The van der Waals surface area contributed by atoms with Gasteiger partial charge in [0.15, 0.2) is 5.11 Å². The number of nitrogens with one attached hydrogen (secondary N) is 2. The van der Waals surface area contributed by atoms with Gasteiger partial charge in [-0.25, -0.2) is 0 Å². The summed E-state index contributed by atoms with van der Waals surface area (Å²) in [6.07, 6.45) is 1.54. The van der Waals surface area contributed by atoms with Crippen LogP contribution in [-0.2, 0) is 14.3 Å². The number of rotatable bonds is 6. The number of piperazine rings is 1. The SMILES string of the molecule is CCCCOC(=O)C[C@@H]1C(=O)NCCN1C(=S)NC(=O)c1ccc(Cl)cc1. The summed E-state index contributed by atoms with van der Waals surface area (Å²) in [7, 11) is 0. The lowest BCUT2D eigenvalue weighted by Gasteiger charge is -2.36. The second-order valence-corrected chi connectivity index (χ2v) is 6.87. The third-order valence-corrected chi connectivity index (χ3v) is 4.63. The lowest BCUT2D eigenvalue weighted by Crippen LogP contribution is -2.60. The Labute approximate surface area is 168 Å². The quantitative estimate of drug-likeness (QED) is 0.422. The van der Waals surface area contributed by atoms with Crippen LogP contribution in [0.25, 0.3) is 0 Å². The summed E-state index contributed by atoms with van der Waals surface area (Å²) < 4.78 is 5.13. The van der Waals surface area contributed by atoms with Gasteiger partial charge < -0.3 is 15.0 Å². The first-order valence-electron chi connectivity index (χ1n) is 8.73. The minimum atomic E-state index is -0.814. The summed E-state index contributed by atoms with van der Waals surface area (Å²) in [5.41, 5.74) is 0.388. The van der Waals surface area contributed by atoms with E-state index in [0.29, 0.717) is 30.3 Å². The molecule has 0 bridgehead atoms. The summed E-state index contributed by atoms with van der Waals surface area (Å²) in [5.74, 6) is -1.20. The smallest absolute Gasteiger partial charge is 0.308 e. The van der Waals surface area contributed by atoms with Crippen LogP contribution in [0.4, 0.5) is 0 Å². The molecular formula is C18H22ClN3O4S. The maximum atomic E-state index is 12.3. The zero-order chi connectivity index (χ0) is 19.8. The molecule has 2 N–H and O–H groups in total. The number of unbranched alkanes of at least 4 members (excludes halogenated alkanes) is 1. The minimum absolute atomic E-state index is 0.0937. The van der Waals surface area contributed by atoms with Gasteiger partial charge in [0.1, 0.15) is 6.04 Å². The van der Waals surface area contributed by atoms with Crippen molar-refractivity contribution in [3.05, 3.63) is 34.9 Å². The van der Waals surface area contributed by atoms with Gasteiger partial charge >= 0.3 is 5.97 Å². The van der Waals surface area contributed by atoms with E-state index >= 15 is 0 Å². The summed E-state index contributed by atoms with van der Waals surface area (Å²) >= 11 is 11.1. The molecule has 146 valence electrons. The molecule has 2 rings (SSSR count). The number of amides is 2. The van der Waals surface area contributed by atoms with Crippen LogP contribution in [0.15, 0.2) is 24.3 Å². The van der Waals surface area contributed by atoms with Gasteiger partial charge in [0.05, 0.1) is 13.0 Å². The summed E-state index contributed by atoms with van der Waals surface area (Å²) in [5, 5.41) is 5.92. The molecule has 0 aliphatic carbocycles. The summed E-state index contributed by atoms with van der Waals surface area (Å²) in [6, 6.07) is 5.54. The molecule has 2 amide bonds. The van der Waals surface area contributed by atoms with Crippen molar-refractivity contribution >= 4 is 46.7 Å². The van der Waals surface area contributed by atoms with Crippen molar-refractivity contribution in [2.75, 3.05) is 19.7 Å². The van der Waals surface area contributed by atoms with Gasteiger partial charge in [-0.15, -0.1) is 0 Å². The first-order chi connectivity index (χ1) is 12.9. The molecule has 9 heteroatoms. The Morgan fingerprint density at radius 3 is 2.74 bits per heavy atom. The Morgan fingerprint density at radius 2 is 2.07 bits per heavy atom. The number of esters is 1. The number of ether oxygens (including phenoxy) is 1. The molecule has 1 saturated heterocycles. The molecule has 1 aromatic carbocycles. The Morgan fingerprint density at radius 1 is 1.37 bits per heavy atom. The number of thiocarbonyl (C=S) groups is 1. The van der Waals surface area contributed by atoms with E-state index in [-0.39, 0.29) is 17.4 Å². The molecule has 0 unspecified atom stereocenters. The molecule has 27 heavy (non-hydrogen) atoms. The Bertz CT molecular complexity index is 711. The monoisotopic (exact) mass is 411 g/mol. The van der Waals surface area contributed by atoms with Crippen LogP contribution in [0.1, 0.15) is 36.5 Å². The van der Waals surface area contributed by atoms with Crippen LogP contribution < -0.4 is 10.6 Å². The zero-order valence-corrected chi connectivity index (χ0v) is 16.6. The van der Waals surface area contributed by atoms with Crippen molar-refractivity contribution in [2.24, 2.45) is 0 Å². The molecule has 7 nitrogen and oxygen atoms in total. The average molecular weight is 412 g/mol. The summed E-state index contributed by atoms with van der Waals surface area (Å²) in [6.45, 7) is 3.07. The second-order valence-electron chi connectivity index (χ2n) is 6.04. The van der Waals surface area contributed by atoms with E-state index in [0.717, 1.165) is 12.8 Å². The van der Waals surface area contributed by atoms with E-state index in [4.69, 9.17) is 28.6 Å². The van der Waals surface area contributed by atoms with E-state index in [1.807, 2.05) is 6.92 Å². The first-order valence-corrected chi connectivity index (χ1v) is 9.52. The molecule has 0 radical (unpaired) electrons. The van der Waals surface area contributed by atoms with Crippen molar-refractivity contribution in [1.82, 2.24) is 15.5 Å². The van der Waals surface area contributed by atoms with Crippen LogP contribution in [0.3, 0.4) is 0 Å². The van der Waals surface area contributed by atoms with Crippen molar-refractivity contribution in [2.45, 2.75) is 32.2 Å². The van der Waals surface area contributed by atoms with Crippen LogP contribution in [0, 0.1) is 0 Å². The fourth-order valence-electron chi connectivity index (χ4n) is 2.55. The van der Waals surface area contributed by atoms with Crippen LogP contribution >= 0.6 is 23.8 Å². The highest BCUT2D eigenvalue weighted by atomic mass is 35.5. The maximum Gasteiger partial charge on any atom is 0.308 e. The van der Waals surface area contributed by atoms with E-state index < -0.39 is 17.9 Å². The van der Waals surface area contributed by atoms with Gasteiger partial charge in [-0.05, 0) is 42.9 Å². The Hall–Kier alpha value is -2.19. The molecule has 0 spiro atoms. The zero-order valence-electron chi connectivity index (χ0n) is 15.0. The Balaban J connectivity index is 2.00. The largest absolute Gasteiger partial charge is 0.466 e. The maximum absolute atomic E-state index is 12.3. The average Bonchev–Trinajstić information content (AvgIpc) is 2.64. The number of nitrogens with zero attached hydrogens (tertiary/aromatic N) is 1. The normalized spacial score (nSPS) is 16.4. The summed E-state index contributed by atoms with van der Waals surface area (Å²) in [4.78, 5) is 38.1. The highest BCUT2D eigenvalue weighted by molar-refractivity contribution is 7.80. The molecule has 0 aromatic heterocycles. The van der Waals surface area contributed by atoms with Crippen molar-refractivity contribution < 1.29 is 19.1 Å². The highest BCUT2D eigenvalue weighted by Gasteiger charge is 2.34. The topological polar surface area (TPSA) is 87.7 Å². The fourth-order valence-corrected chi connectivity index (χ4v) is 2.99. The van der Waals surface area contributed by atoms with Crippen molar-refractivity contribution in [3.8, 4) is 0 Å². The third kappa shape index (κ3) is 6.18. The molecule has 1 atom stereocenters. The predicted octanol–water partition coefficient (Wildman–Crippen LogP) is 1.89. The van der Waals surface area contributed by atoms with Gasteiger partial charge in [0, 0.05) is 23.7 Å². The number of hydrogen-bond acceptors (Lipinski definition) is 5. The van der Waals surface area contributed by atoms with Crippen LogP contribution in [0.5, 0.6) is 0 Å². The predicted molar refractivity (Wildman–Crippen MR) is 106 cm³/mol. The van der Waals surface area contributed by atoms with Gasteiger partial charge in [0.25, 0.3) is 5.91 Å². The third-order valence-electron chi connectivity index (χ3n) is 4.04. The number of halogens is 1. The standard InChI is InChI=1S/C18H22ClN3O4S/c1-2-3-10-26-15(23)11-14-17(25)20-8-9-22(14)18(27)21-16(24)12-4-6-13(19)7-5-12/h4-7,14H,2-3,8-11H2,1H3,(H,20,25)(H,21,24,27)/t14-/m1/s1. The van der Waals surface area contributed by atoms with E-state index in [9.17, 15) is 14.4 Å². The van der Waals surface area contributed by atoms with E-state index in [1.54, 1.807) is 29.2 Å². The number of benzene rings is 1. The number of carbonyl (C=O) groups is 3. The second kappa shape index (κ2) is 10.2. The lowest BCUT2D eigenvalue weighted by molar-refractivity contribution is -0.147. The van der Waals surface area contributed by atoms with E-state index in [1.165, 1.54) is 0 Å². The minimum Gasteiger partial charge on any atom is -0.466 e. The molecule has 1 fully saturated rings. The van der Waals surface area contributed by atoms with Crippen molar-refractivity contribution in [3.63, 3.8) is 0 Å². The van der Waals surface area contributed by atoms with Crippen LogP contribution in [0.2, 0.25) is 5.02 Å². The number of hydrogen-bond donors (Lipinski definition) is 2. The Kier molecular flexibility index (Phi) is 7.99. The van der Waals surface area contributed by atoms with Gasteiger partial charge in [-0.1, -0.05) is 24.9 Å². The lowest BCUT2D eigenvalue weighted by atomic mass is 10.1. The molecular weight excluding hydrogens is 390 g/mol. The van der Waals surface area contributed by atoms with E-state index in [2.05, 4.69) is 10.6 Å². The number of carbonyl (C=O) groups excluding carboxylic acids is 3. The highest BCUT2D eigenvalue weighted by Crippen LogP contribution is 2.13. The molecule has 1 aliphatic rings. The van der Waals surface area contributed by atoms with Crippen LogP contribution in [-0.4, -0.2) is 53.5 Å². The van der Waals surface area contributed by atoms with Gasteiger partial charge in [-0.2, -0.15) is 0 Å². The molecule has 0 saturated carbocycles.